The van der Waals surface area contributed by atoms with Crippen LogP contribution in [0.3, 0.4) is 0 Å². The van der Waals surface area contributed by atoms with E-state index in [-0.39, 0.29) is 12.1 Å². The van der Waals surface area contributed by atoms with Crippen LogP contribution in [0, 0.1) is 13.8 Å². The Morgan fingerprint density at radius 1 is 1.00 bits per heavy atom. The van der Waals surface area contributed by atoms with Crippen molar-refractivity contribution in [3.8, 4) is 5.69 Å². The zero-order valence-corrected chi connectivity index (χ0v) is 22.9. The minimum Gasteiger partial charge on any atom is -0.385 e. The number of hydrogen-bond acceptors (Lipinski definition) is 3. The molecule has 0 spiro atoms. The Morgan fingerprint density at radius 2 is 1.75 bits per heavy atom. The lowest BCUT2D eigenvalue weighted by molar-refractivity contribution is 0.315. The summed E-state index contributed by atoms with van der Waals surface area (Å²) in [6.45, 7) is 6.09. The van der Waals surface area contributed by atoms with Crippen LogP contribution in [0.4, 0.5) is 5.69 Å². The molecule has 2 atom stereocenters. The van der Waals surface area contributed by atoms with Crippen LogP contribution in [0.5, 0.6) is 0 Å². The number of pyridine rings is 1. The number of halogens is 1. The lowest BCUT2D eigenvalue weighted by atomic mass is 9.96. The van der Waals surface area contributed by atoms with Crippen molar-refractivity contribution in [1.82, 2.24) is 19.8 Å². The fourth-order valence-electron chi connectivity index (χ4n) is 5.11. The lowest BCUT2D eigenvalue weighted by Crippen LogP contribution is -2.31. The van der Waals surface area contributed by atoms with Crippen molar-refractivity contribution in [1.29, 1.82) is 0 Å². The van der Waals surface area contributed by atoms with Gasteiger partial charge in [0.05, 0.1) is 23.5 Å². The second-order valence-corrected chi connectivity index (χ2v) is 10.3. The normalized spacial score (nSPS) is 17.3. The number of rotatable bonds is 8. The van der Waals surface area contributed by atoms with Gasteiger partial charge in [0.1, 0.15) is 0 Å². The number of aromatic nitrogens is 2. The first kappa shape index (κ1) is 24.5. The van der Waals surface area contributed by atoms with Crippen molar-refractivity contribution < 1.29 is 0 Å². The van der Waals surface area contributed by atoms with Crippen molar-refractivity contribution in [2.24, 2.45) is 0 Å². The van der Waals surface area contributed by atoms with E-state index in [4.69, 9.17) is 17.2 Å². The lowest BCUT2D eigenvalue weighted by Gasteiger charge is -2.28. The van der Waals surface area contributed by atoms with Gasteiger partial charge in [0, 0.05) is 40.8 Å². The molecule has 0 radical (unpaired) electrons. The van der Waals surface area contributed by atoms with E-state index in [0.717, 1.165) is 46.2 Å². The summed E-state index contributed by atoms with van der Waals surface area (Å²) < 4.78 is 3.40. The van der Waals surface area contributed by atoms with Crippen molar-refractivity contribution in [2.45, 2.75) is 32.4 Å². The van der Waals surface area contributed by atoms with E-state index in [0.29, 0.717) is 0 Å². The molecule has 0 aliphatic carbocycles. The number of benzene rings is 2. The maximum atomic E-state index is 5.89. The number of aryl methyl sites for hydroxylation is 1. The summed E-state index contributed by atoms with van der Waals surface area (Å²) in [5.74, 6) is 0. The summed E-state index contributed by atoms with van der Waals surface area (Å²) in [5, 5.41) is 7.89. The number of nitrogens with zero attached hydrogens (tertiary/aromatic N) is 3. The number of para-hydroxylation sites is 2. The quantitative estimate of drug-likeness (QED) is 0.185. The van der Waals surface area contributed by atoms with Crippen molar-refractivity contribution in [2.75, 3.05) is 18.4 Å². The van der Waals surface area contributed by atoms with Gasteiger partial charge in [-0.25, -0.2) is 0 Å². The molecule has 1 saturated heterocycles. The monoisotopic (exact) mass is 559 g/mol. The molecule has 1 aliphatic rings. The largest absolute Gasteiger partial charge is 0.385 e. The molecular formula is C29H30BrN5S. The molecule has 5 rings (SSSR count). The molecule has 1 aliphatic heterocycles. The van der Waals surface area contributed by atoms with Crippen LogP contribution in [0.25, 0.3) is 5.69 Å². The number of hydrogen-bond donors (Lipinski definition) is 2. The number of anilines is 1. The summed E-state index contributed by atoms with van der Waals surface area (Å²) in [7, 11) is 0. The Hall–Kier alpha value is -3.16. The first-order valence-corrected chi connectivity index (χ1v) is 13.5. The molecule has 5 nitrogen and oxygen atoms in total. The van der Waals surface area contributed by atoms with Gasteiger partial charge >= 0.3 is 0 Å². The first-order chi connectivity index (χ1) is 17.5. The Balaban J connectivity index is 1.46. The highest BCUT2D eigenvalue weighted by atomic mass is 79.9. The zero-order valence-electron chi connectivity index (χ0n) is 20.5. The third kappa shape index (κ3) is 4.90. The van der Waals surface area contributed by atoms with E-state index in [2.05, 4.69) is 104 Å². The smallest absolute Gasteiger partial charge is 0.170 e. The molecule has 4 aromatic rings. The predicted molar refractivity (Wildman–Crippen MR) is 155 cm³/mol. The molecule has 0 bridgehead atoms. The third-order valence-corrected chi connectivity index (χ3v) is 7.78. The fourth-order valence-corrected chi connectivity index (χ4v) is 5.91. The number of thiocarbonyl (C=S) groups is 1. The second-order valence-electron chi connectivity index (χ2n) is 9.08. The van der Waals surface area contributed by atoms with Crippen molar-refractivity contribution >= 4 is 38.9 Å². The van der Waals surface area contributed by atoms with Crippen molar-refractivity contribution in [3.05, 3.63) is 112 Å². The molecule has 0 amide bonds. The average Bonchev–Trinajstić information content (AvgIpc) is 3.38. The predicted octanol–water partition coefficient (Wildman–Crippen LogP) is 6.73. The maximum Gasteiger partial charge on any atom is 0.170 e. The van der Waals surface area contributed by atoms with Gasteiger partial charge in [-0.2, -0.15) is 0 Å². The van der Waals surface area contributed by atoms with Crippen LogP contribution in [0.1, 0.15) is 41.1 Å². The Kier molecular flexibility index (Phi) is 7.39. The topological polar surface area (TPSA) is 45.1 Å². The minimum absolute atomic E-state index is 0.0195. The molecule has 1 fully saturated rings. The molecule has 36 heavy (non-hydrogen) atoms. The highest BCUT2D eigenvalue weighted by Crippen LogP contribution is 2.41. The Morgan fingerprint density at radius 3 is 2.50 bits per heavy atom. The van der Waals surface area contributed by atoms with Crippen LogP contribution >= 0.6 is 28.1 Å². The standard InChI is InChI=1S/C29H30BrN5S/c1-20-19-23(21(2)35(20)26-15-7-6-13-24(26)30)28-27(25-14-8-9-16-32-25)33-29(36)34(28)18-10-17-31-22-11-4-3-5-12-22/h3-9,11-16,19,27-28,31H,10,17-18H2,1-2H3,(H,33,36)/t27-,28+/m0/s1. The molecule has 2 aromatic carbocycles. The van der Waals surface area contributed by atoms with Gasteiger partial charge in [-0.3, -0.25) is 4.98 Å². The maximum absolute atomic E-state index is 5.89. The van der Waals surface area contributed by atoms with Crippen molar-refractivity contribution in [3.63, 3.8) is 0 Å². The highest BCUT2D eigenvalue weighted by molar-refractivity contribution is 9.10. The summed E-state index contributed by atoms with van der Waals surface area (Å²) >= 11 is 9.63. The van der Waals surface area contributed by atoms with E-state index in [1.165, 1.54) is 17.0 Å². The van der Waals surface area contributed by atoms with Gasteiger partial charge in [-0.15, -0.1) is 0 Å². The third-order valence-electron chi connectivity index (χ3n) is 6.76. The van der Waals surface area contributed by atoms with Crippen LogP contribution < -0.4 is 10.6 Å². The summed E-state index contributed by atoms with van der Waals surface area (Å²) in [6.07, 6.45) is 2.82. The molecule has 2 aromatic heterocycles. The molecule has 3 heterocycles. The van der Waals surface area contributed by atoms with E-state index in [9.17, 15) is 0 Å². The number of nitrogens with one attached hydrogen (secondary N) is 2. The van der Waals surface area contributed by atoms with E-state index >= 15 is 0 Å². The van der Waals surface area contributed by atoms with E-state index in [1.54, 1.807) is 0 Å². The summed E-state index contributed by atoms with van der Waals surface area (Å²) in [6, 6.07) is 27.1. The summed E-state index contributed by atoms with van der Waals surface area (Å²) in [5.41, 5.74) is 6.95. The first-order valence-electron chi connectivity index (χ1n) is 12.3. The van der Waals surface area contributed by atoms with Gasteiger partial charge in [0.15, 0.2) is 5.11 Å². The zero-order chi connectivity index (χ0) is 25.1. The molecule has 0 saturated carbocycles. The van der Waals surface area contributed by atoms with Gasteiger partial charge in [0.2, 0.25) is 0 Å². The second kappa shape index (κ2) is 10.8. The molecule has 2 N–H and O–H groups in total. The fraction of sp³-hybridized carbons (Fsp3) is 0.241. The van der Waals surface area contributed by atoms with Crippen LogP contribution in [-0.4, -0.2) is 32.7 Å². The molecular weight excluding hydrogens is 530 g/mol. The molecule has 0 unspecified atom stereocenters. The summed E-state index contributed by atoms with van der Waals surface area (Å²) in [4.78, 5) is 7.04. The van der Waals surface area contributed by atoms with Gasteiger partial charge in [0.25, 0.3) is 0 Å². The van der Waals surface area contributed by atoms with E-state index < -0.39 is 0 Å². The average molecular weight is 561 g/mol. The Bertz CT molecular complexity index is 1340. The van der Waals surface area contributed by atoms with Crippen LogP contribution in [0.2, 0.25) is 0 Å². The van der Waals surface area contributed by atoms with Crippen LogP contribution in [0.15, 0.2) is 89.5 Å². The molecule has 184 valence electrons. The molecule has 7 heteroatoms. The van der Waals surface area contributed by atoms with Gasteiger partial charge in [-0.05, 0) is 96.4 Å². The van der Waals surface area contributed by atoms with Crippen LogP contribution in [-0.2, 0) is 0 Å². The highest BCUT2D eigenvalue weighted by Gasteiger charge is 2.41. The Labute approximate surface area is 226 Å². The SMILES string of the molecule is Cc1cc([C@@H]2[C@H](c3ccccn3)NC(=S)N2CCCNc2ccccc2)c(C)n1-c1ccccc1Br. The van der Waals surface area contributed by atoms with Gasteiger partial charge < -0.3 is 20.1 Å². The minimum atomic E-state index is -0.0195. The van der Waals surface area contributed by atoms with Gasteiger partial charge in [-0.1, -0.05) is 36.4 Å². The van der Waals surface area contributed by atoms with E-state index in [1.807, 2.05) is 30.5 Å².